The molecule has 9 heteroatoms. The topological polar surface area (TPSA) is 76.3 Å². The Labute approximate surface area is 167 Å². The molecule has 2 N–H and O–H groups in total. The molecule has 0 aliphatic rings. The molecular formula is C17H10Cl3N3O2S. The minimum Gasteiger partial charge on any atom is -0.364 e. The Morgan fingerprint density at radius 2 is 1.65 bits per heavy atom. The lowest BCUT2D eigenvalue weighted by molar-refractivity contribution is 0.0986. The first-order valence-electron chi connectivity index (χ1n) is 7.17. The number of nitrogens with zero attached hydrogens (tertiary/aromatic N) is 2. The highest BCUT2D eigenvalue weighted by Gasteiger charge is 2.25. The summed E-state index contributed by atoms with van der Waals surface area (Å²) in [7, 11) is 0. The zero-order chi connectivity index (χ0) is 18.8. The molecule has 0 unspecified atom stereocenters. The van der Waals surface area contributed by atoms with E-state index in [0.717, 1.165) is 11.3 Å². The van der Waals surface area contributed by atoms with E-state index in [1.807, 2.05) is 0 Å². The predicted octanol–water partition coefficient (Wildman–Crippen LogP) is 5.18. The molecule has 0 saturated heterocycles. The van der Waals surface area contributed by atoms with Crippen molar-refractivity contribution in [3.63, 3.8) is 0 Å². The Bertz CT molecular complexity index is 989. The second kappa shape index (κ2) is 7.63. The van der Waals surface area contributed by atoms with Crippen LogP contribution < -0.4 is 10.6 Å². The summed E-state index contributed by atoms with van der Waals surface area (Å²) in [6.07, 6.45) is 0. The van der Waals surface area contributed by atoms with Crippen molar-refractivity contribution in [2.24, 2.45) is 5.73 Å². The molecule has 1 heterocycles. The molecule has 2 aromatic carbocycles. The van der Waals surface area contributed by atoms with Crippen molar-refractivity contribution in [1.82, 2.24) is 4.98 Å². The number of nitrogens with two attached hydrogens (primary N) is 1. The summed E-state index contributed by atoms with van der Waals surface area (Å²) in [5, 5.41) is 2.89. The second-order valence-corrected chi connectivity index (χ2v) is 7.24. The number of amides is 2. The number of rotatable bonds is 4. The molecular weight excluding hydrogens is 417 g/mol. The Balaban J connectivity index is 2.11. The third-order valence-electron chi connectivity index (χ3n) is 3.39. The Morgan fingerprint density at radius 1 is 1.00 bits per heavy atom. The zero-order valence-corrected chi connectivity index (χ0v) is 16.0. The fourth-order valence-corrected chi connectivity index (χ4v) is 3.61. The van der Waals surface area contributed by atoms with Gasteiger partial charge in [0.05, 0.1) is 16.3 Å². The summed E-state index contributed by atoms with van der Waals surface area (Å²) in [6, 6.07) is 11.2. The molecule has 0 spiro atoms. The van der Waals surface area contributed by atoms with Crippen LogP contribution in [0.5, 0.6) is 0 Å². The second-order valence-electron chi connectivity index (χ2n) is 5.12. The van der Waals surface area contributed by atoms with E-state index in [2.05, 4.69) is 4.98 Å². The molecule has 0 radical (unpaired) electrons. The molecule has 2 amide bonds. The average Bonchev–Trinajstić information content (AvgIpc) is 3.06. The monoisotopic (exact) mass is 425 g/mol. The van der Waals surface area contributed by atoms with Crippen LogP contribution in [0.3, 0.4) is 0 Å². The van der Waals surface area contributed by atoms with Gasteiger partial charge in [-0.05, 0) is 42.5 Å². The van der Waals surface area contributed by atoms with E-state index in [1.54, 1.807) is 30.3 Å². The van der Waals surface area contributed by atoms with E-state index < -0.39 is 11.8 Å². The first kappa shape index (κ1) is 18.7. The van der Waals surface area contributed by atoms with Crippen LogP contribution in [-0.2, 0) is 0 Å². The molecule has 0 saturated carbocycles. The number of primary amides is 1. The standard InChI is InChI=1S/C17H10Cl3N3O2S/c18-9-1-4-11(5-2-9)23(17-22-14(8-26-17)15(21)24)16(25)12-6-3-10(19)7-13(12)20/h1-8H,(H2,21,24). The Morgan fingerprint density at radius 3 is 2.23 bits per heavy atom. The first-order valence-corrected chi connectivity index (χ1v) is 9.18. The number of halogens is 3. The minimum atomic E-state index is -0.680. The van der Waals surface area contributed by atoms with Gasteiger partial charge in [0.15, 0.2) is 5.13 Å². The van der Waals surface area contributed by atoms with Crippen LogP contribution in [0.15, 0.2) is 47.8 Å². The van der Waals surface area contributed by atoms with E-state index >= 15 is 0 Å². The van der Waals surface area contributed by atoms with Crippen molar-refractivity contribution in [2.45, 2.75) is 0 Å². The summed E-state index contributed by atoms with van der Waals surface area (Å²) in [5.74, 6) is -1.11. The van der Waals surface area contributed by atoms with E-state index in [9.17, 15) is 9.59 Å². The van der Waals surface area contributed by atoms with Crippen LogP contribution in [0.2, 0.25) is 15.1 Å². The maximum absolute atomic E-state index is 13.2. The fraction of sp³-hybridized carbons (Fsp3) is 0. The van der Waals surface area contributed by atoms with Crippen LogP contribution >= 0.6 is 46.1 Å². The average molecular weight is 427 g/mol. The van der Waals surface area contributed by atoms with Crippen LogP contribution in [0, 0.1) is 0 Å². The maximum Gasteiger partial charge on any atom is 0.268 e. The molecule has 5 nitrogen and oxygen atoms in total. The third-order valence-corrected chi connectivity index (χ3v) is 5.01. The number of carbonyl (C=O) groups excluding carboxylic acids is 2. The molecule has 3 rings (SSSR count). The molecule has 26 heavy (non-hydrogen) atoms. The zero-order valence-electron chi connectivity index (χ0n) is 12.9. The number of thiazole rings is 1. The Kier molecular flexibility index (Phi) is 5.48. The van der Waals surface area contributed by atoms with Crippen molar-refractivity contribution in [3.05, 3.63) is 74.2 Å². The predicted molar refractivity (Wildman–Crippen MR) is 105 cm³/mol. The molecule has 0 aliphatic heterocycles. The summed E-state index contributed by atoms with van der Waals surface area (Å²) in [6.45, 7) is 0. The highest BCUT2D eigenvalue weighted by Crippen LogP contribution is 2.33. The van der Waals surface area contributed by atoms with Crippen LogP contribution in [-0.4, -0.2) is 16.8 Å². The first-order chi connectivity index (χ1) is 12.4. The third kappa shape index (κ3) is 3.83. The normalized spacial score (nSPS) is 10.6. The molecule has 0 fully saturated rings. The van der Waals surface area contributed by atoms with Gasteiger partial charge < -0.3 is 5.73 Å². The molecule has 1 aromatic heterocycles. The van der Waals surface area contributed by atoms with Crippen molar-refractivity contribution in [2.75, 3.05) is 4.90 Å². The van der Waals surface area contributed by atoms with Gasteiger partial charge in [0, 0.05) is 15.4 Å². The number of benzene rings is 2. The van der Waals surface area contributed by atoms with E-state index in [1.165, 1.54) is 22.4 Å². The summed E-state index contributed by atoms with van der Waals surface area (Å²) >= 11 is 19.1. The quantitative estimate of drug-likeness (QED) is 0.624. The lowest BCUT2D eigenvalue weighted by Gasteiger charge is -2.21. The molecule has 132 valence electrons. The molecule has 3 aromatic rings. The highest BCUT2D eigenvalue weighted by molar-refractivity contribution is 7.14. The van der Waals surface area contributed by atoms with Gasteiger partial charge >= 0.3 is 0 Å². The van der Waals surface area contributed by atoms with Gasteiger partial charge in [-0.25, -0.2) is 4.98 Å². The van der Waals surface area contributed by atoms with E-state index in [0.29, 0.717) is 15.7 Å². The Hall–Kier alpha value is -2.12. The van der Waals surface area contributed by atoms with E-state index in [4.69, 9.17) is 40.5 Å². The lowest BCUT2D eigenvalue weighted by Crippen LogP contribution is -2.26. The van der Waals surface area contributed by atoms with Crippen molar-refractivity contribution >= 4 is 68.8 Å². The number of hydrogen-bond acceptors (Lipinski definition) is 4. The molecule has 0 aliphatic carbocycles. The SMILES string of the molecule is NC(=O)c1csc(N(C(=O)c2ccc(Cl)cc2Cl)c2ccc(Cl)cc2)n1. The van der Waals surface area contributed by atoms with Crippen LogP contribution in [0.25, 0.3) is 0 Å². The smallest absolute Gasteiger partial charge is 0.268 e. The number of hydrogen-bond donors (Lipinski definition) is 1. The van der Waals surface area contributed by atoms with Gasteiger partial charge in [0.2, 0.25) is 0 Å². The van der Waals surface area contributed by atoms with Crippen LogP contribution in [0.4, 0.5) is 10.8 Å². The van der Waals surface area contributed by atoms with Gasteiger partial charge in [-0.3, -0.25) is 14.5 Å². The number of anilines is 2. The summed E-state index contributed by atoms with van der Waals surface area (Å²) < 4.78 is 0. The highest BCUT2D eigenvalue weighted by atomic mass is 35.5. The van der Waals surface area contributed by atoms with Crippen molar-refractivity contribution in [3.8, 4) is 0 Å². The fourth-order valence-electron chi connectivity index (χ4n) is 2.17. The largest absolute Gasteiger partial charge is 0.364 e. The van der Waals surface area contributed by atoms with Crippen molar-refractivity contribution in [1.29, 1.82) is 0 Å². The summed E-state index contributed by atoms with van der Waals surface area (Å²) in [4.78, 5) is 30.0. The van der Waals surface area contributed by atoms with Gasteiger partial charge in [0.25, 0.3) is 11.8 Å². The lowest BCUT2D eigenvalue weighted by atomic mass is 10.2. The van der Waals surface area contributed by atoms with E-state index in [-0.39, 0.29) is 21.4 Å². The maximum atomic E-state index is 13.2. The molecule has 0 atom stereocenters. The van der Waals surface area contributed by atoms with Gasteiger partial charge in [-0.15, -0.1) is 11.3 Å². The van der Waals surface area contributed by atoms with Crippen molar-refractivity contribution < 1.29 is 9.59 Å². The van der Waals surface area contributed by atoms with Gasteiger partial charge in [0.1, 0.15) is 5.69 Å². The minimum absolute atomic E-state index is 0.0685. The molecule has 0 bridgehead atoms. The van der Waals surface area contributed by atoms with Gasteiger partial charge in [-0.2, -0.15) is 0 Å². The number of carbonyl (C=O) groups is 2. The van der Waals surface area contributed by atoms with Crippen LogP contribution in [0.1, 0.15) is 20.8 Å². The number of aromatic nitrogens is 1. The summed E-state index contributed by atoms with van der Waals surface area (Å²) in [5.41, 5.74) is 6.08. The van der Waals surface area contributed by atoms with Gasteiger partial charge in [-0.1, -0.05) is 34.8 Å².